The molecule has 3 aromatic rings. The number of likely N-dealkylation sites (tertiary alicyclic amines) is 1. The molecule has 0 spiro atoms. The minimum Gasteiger partial charge on any atom is -0.497 e. The van der Waals surface area contributed by atoms with E-state index in [0.29, 0.717) is 17.0 Å². The number of aromatic nitrogens is 2. The van der Waals surface area contributed by atoms with E-state index in [1.165, 1.54) is 0 Å². The Balaban J connectivity index is 1.44. The van der Waals surface area contributed by atoms with Gasteiger partial charge in [-0.15, -0.1) is 11.3 Å². The smallest absolute Gasteiger partial charge is 0.312 e. The highest BCUT2D eigenvalue weighted by molar-refractivity contribution is 8.01. The number of fused-ring (bicyclic) bond motifs is 1. The number of halogens is 1. The number of nitrogens with zero attached hydrogens (tertiary/aromatic N) is 3. The normalized spacial score (nSPS) is 16.8. The molecule has 1 aliphatic rings. The van der Waals surface area contributed by atoms with Crippen molar-refractivity contribution in [1.29, 1.82) is 0 Å². The maximum atomic E-state index is 13.2. The number of pyridine rings is 1. The lowest BCUT2D eigenvalue weighted by molar-refractivity contribution is -0.159. The number of esters is 1. The minimum atomic E-state index is -0.453. The van der Waals surface area contributed by atoms with Gasteiger partial charge in [0.1, 0.15) is 5.75 Å². The van der Waals surface area contributed by atoms with Crippen LogP contribution in [0, 0.1) is 5.41 Å². The summed E-state index contributed by atoms with van der Waals surface area (Å²) in [6, 6.07) is 5.85. The van der Waals surface area contributed by atoms with Crippen LogP contribution in [-0.2, 0) is 16.0 Å². The molecule has 0 N–H and O–H groups in total. The van der Waals surface area contributed by atoms with Crippen LogP contribution in [0.4, 0.5) is 0 Å². The Bertz CT molecular complexity index is 1130. The average Bonchev–Trinajstić information content (AvgIpc) is 3.38. The van der Waals surface area contributed by atoms with Crippen molar-refractivity contribution in [3.63, 3.8) is 0 Å². The Hall–Kier alpha value is -1.87. The van der Waals surface area contributed by atoms with Crippen LogP contribution >= 0.6 is 34.7 Å². The summed E-state index contributed by atoms with van der Waals surface area (Å²) in [7, 11) is 1.66. The van der Waals surface area contributed by atoms with Crippen molar-refractivity contribution in [2.45, 2.75) is 55.7 Å². The van der Waals surface area contributed by atoms with Crippen LogP contribution in [0.3, 0.4) is 0 Å². The van der Waals surface area contributed by atoms with Gasteiger partial charge in [0.05, 0.1) is 35.0 Å². The van der Waals surface area contributed by atoms with Gasteiger partial charge in [-0.3, -0.25) is 14.7 Å². The quantitative estimate of drug-likeness (QED) is 0.219. The number of benzene rings is 1. The van der Waals surface area contributed by atoms with E-state index in [-0.39, 0.29) is 5.97 Å². The third-order valence-electron chi connectivity index (χ3n) is 6.88. The summed E-state index contributed by atoms with van der Waals surface area (Å²) >= 11 is 10.0. The predicted molar refractivity (Wildman–Crippen MR) is 144 cm³/mol. The Morgan fingerprint density at radius 2 is 2.11 bits per heavy atom. The van der Waals surface area contributed by atoms with Gasteiger partial charge in [0.2, 0.25) is 0 Å². The molecule has 1 aliphatic heterocycles. The zero-order valence-electron chi connectivity index (χ0n) is 20.5. The standard InChI is InChI=1S/C26H32ClN3O3S2/c1-4-33-24(31)26(10-13-30(14-11-26)18(2)35-25-28-12-15-34-25)9-5-6-20-21-16-19(32-3)7-8-23(21)29-17-22(20)27/h7-8,12,15-18H,4-6,9-11,13-14H2,1-3H3. The first-order valence-corrected chi connectivity index (χ1v) is 14.2. The van der Waals surface area contributed by atoms with Gasteiger partial charge in [0, 0.05) is 36.2 Å². The summed E-state index contributed by atoms with van der Waals surface area (Å²) < 4.78 is 12.1. The number of hydrogen-bond acceptors (Lipinski definition) is 8. The van der Waals surface area contributed by atoms with Gasteiger partial charge in [-0.2, -0.15) is 0 Å². The molecule has 1 saturated heterocycles. The largest absolute Gasteiger partial charge is 0.497 e. The Morgan fingerprint density at radius 3 is 2.80 bits per heavy atom. The van der Waals surface area contributed by atoms with Crippen LogP contribution in [0.1, 0.15) is 45.1 Å². The summed E-state index contributed by atoms with van der Waals surface area (Å²) in [6.07, 6.45) is 7.55. The number of ether oxygens (including phenoxy) is 2. The molecule has 35 heavy (non-hydrogen) atoms. The summed E-state index contributed by atoms with van der Waals surface area (Å²) in [6.45, 7) is 6.24. The zero-order chi connectivity index (χ0) is 24.8. The van der Waals surface area contributed by atoms with Crippen molar-refractivity contribution in [3.8, 4) is 5.75 Å². The van der Waals surface area contributed by atoms with Crippen LogP contribution in [0.25, 0.3) is 10.9 Å². The zero-order valence-corrected chi connectivity index (χ0v) is 22.8. The molecule has 1 aromatic carbocycles. The molecule has 3 heterocycles. The Morgan fingerprint density at radius 1 is 1.31 bits per heavy atom. The minimum absolute atomic E-state index is 0.0627. The van der Waals surface area contributed by atoms with Crippen molar-refractivity contribution < 1.29 is 14.3 Å². The molecule has 0 saturated carbocycles. The van der Waals surface area contributed by atoms with Gasteiger partial charge in [-0.25, -0.2) is 4.98 Å². The van der Waals surface area contributed by atoms with Gasteiger partial charge in [0.25, 0.3) is 0 Å². The monoisotopic (exact) mass is 533 g/mol. The van der Waals surface area contributed by atoms with Gasteiger partial charge in [-0.1, -0.05) is 23.4 Å². The van der Waals surface area contributed by atoms with Crippen molar-refractivity contribution in [2.24, 2.45) is 5.41 Å². The maximum Gasteiger partial charge on any atom is 0.312 e. The molecular weight excluding hydrogens is 502 g/mol. The number of thiazole rings is 1. The molecule has 1 atom stereocenters. The summed E-state index contributed by atoms with van der Waals surface area (Å²) in [5.41, 5.74) is 1.50. The van der Waals surface area contributed by atoms with E-state index in [1.54, 1.807) is 36.4 Å². The number of thioether (sulfide) groups is 1. The number of methoxy groups -OCH3 is 1. The number of rotatable bonds is 10. The van der Waals surface area contributed by atoms with Gasteiger partial charge < -0.3 is 9.47 Å². The number of aryl methyl sites for hydroxylation is 1. The molecular formula is C26H32ClN3O3S2. The van der Waals surface area contributed by atoms with Crippen molar-refractivity contribution >= 4 is 51.6 Å². The fourth-order valence-corrected chi connectivity index (χ4v) is 7.02. The van der Waals surface area contributed by atoms with Crippen molar-refractivity contribution in [2.75, 3.05) is 26.8 Å². The first kappa shape index (κ1) is 26.2. The highest BCUT2D eigenvalue weighted by Crippen LogP contribution is 2.41. The third-order valence-corrected chi connectivity index (χ3v) is 9.29. The molecule has 0 bridgehead atoms. The molecule has 188 valence electrons. The third kappa shape index (κ3) is 6.10. The van der Waals surface area contributed by atoms with E-state index < -0.39 is 5.41 Å². The van der Waals surface area contributed by atoms with E-state index in [4.69, 9.17) is 21.1 Å². The molecule has 0 aliphatic carbocycles. The first-order valence-electron chi connectivity index (χ1n) is 12.0. The highest BCUT2D eigenvalue weighted by atomic mass is 35.5. The first-order chi connectivity index (χ1) is 17.0. The lowest BCUT2D eigenvalue weighted by Crippen LogP contribution is -2.47. The van der Waals surface area contributed by atoms with Crippen LogP contribution < -0.4 is 4.74 Å². The van der Waals surface area contributed by atoms with Crippen molar-refractivity contribution in [1.82, 2.24) is 14.9 Å². The van der Waals surface area contributed by atoms with E-state index in [1.807, 2.05) is 36.7 Å². The second kappa shape index (κ2) is 11.9. The van der Waals surface area contributed by atoms with E-state index in [2.05, 4.69) is 21.8 Å². The topological polar surface area (TPSA) is 64.6 Å². The fraction of sp³-hybridized carbons (Fsp3) is 0.500. The lowest BCUT2D eigenvalue weighted by atomic mass is 9.74. The van der Waals surface area contributed by atoms with Crippen LogP contribution in [0.15, 0.2) is 40.3 Å². The average molecular weight is 534 g/mol. The summed E-state index contributed by atoms with van der Waals surface area (Å²) in [5, 5.41) is 3.98. The molecule has 2 aromatic heterocycles. The fourth-order valence-electron chi connectivity index (χ4n) is 4.83. The second-order valence-electron chi connectivity index (χ2n) is 8.87. The summed E-state index contributed by atoms with van der Waals surface area (Å²) in [5.74, 6) is 0.718. The predicted octanol–water partition coefficient (Wildman–Crippen LogP) is 6.46. The Kier molecular flexibility index (Phi) is 8.92. The SMILES string of the molecule is CCOC(=O)C1(CCCc2c(Cl)cnc3ccc(OC)cc23)CCN(C(C)Sc2nccs2)CC1. The van der Waals surface area contributed by atoms with Gasteiger partial charge in [-0.05, 0) is 69.7 Å². The van der Waals surface area contributed by atoms with Crippen molar-refractivity contribution in [3.05, 3.63) is 46.6 Å². The highest BCUT2D eigenvalue weighted by Gasteiger charge is 2.43. The molecule has 4 rings (SSSR count). The van der Waals surface area contributed by atoms with E-state index >= 15 is 0 Å². The maximum absolute atomic E-state index is 13.2. The molecule has 0 amide bonds. The van der Waals surface area contributed by atoms with Crippen LogP contribution in [0.2, 0.25) is 5.02 Å². The van der Waals surface area contributed by atoms with E-state index in [0.717, 1.165) is 71.7 Å². The number of piperidine rings is 1. The molecule has 1 unspecified atom stereocenters. The molecule has 6 nitrogen and oxygen atoms in total. The number of carbonyl (C=O) groups is 1. The van der Waals surface area contributed by atoms with E-state index in [9.17, 15) is 4.79 Å². The Labute approximate surface area is 220 Å². The van der Waals surface area contributed by atoms with Gasteiger partial charge in [0.15, 0.2) is 4.34 Å². The van der Waals surface area contributed by atoms with Crippen LogP contribution in [-0.4, -0.2) is 53.0 Å². The second-order valence-corrected chi connectivity index (χ2v) is 11.7. The summed E-state index contributed by atoms with van der Waals surface area (Å²) in [4.78, 5) is 24.5. The molecule has 0 radical (unpaired) electrons. The molecule has 1 fully saturated rings. The molecule has 9 heteroatoms. The number of carbonyl (C=O) groups excluding carboxylic acids is 1. The lowest BCUT2D eigenvalue weighted by Gasteiger charge is -2.42. The van der Waals surface area contributed by atoms with Crippen LogP contribution in [0.5, 0.6) is 5.75 Å². The van der Waals surface area contributed by atoms with Gasteiger partial charge >= 0.3 is 5.97 Å². The number of hydrogen-bond donors (Lipinski definition) is 0.